The van der Waals surface area contributed by atoms with Crippen LogP contribution in [-0.2, 0) is 16.0 Å². The summed E-state index contributed by atoms with van der Waals surface area (Å²) < 4.78 is 0. The normalized spacial score (nSPS) is 16.9. The van der Waals surface area contributed by atoms with Crippen molar-refractivity contribution in [2.75, 3.05) is 49.5 Å². The van der Waals surface area contributed by atoms with E-state index in [0.717, 1.165) is 70.3 Å². The van der Waals surface area contributed by atoms with Crippen molar-refractivity contribution in [1.29, 1.82) is 0 Å². The summed E-state index contributed by atoms with van der Waals surface area (Å²) in [4.78, 5) is 37.4. The lowest BCUT2D eigenvalue weighted by atomic mass is 10.0. The van der Waals surface area contributed by atoms with Crippen LogP contribution < -0.4 is 10.2 Å². The van der Waals surface area contributed by atoms with Crippen molar-refractivity contribution in [3.8, 4) is 0 Å². The predicted octanol–water partition coefficient (Wildman–Crippen LogP) is 2.16. The summed E-state index contributed by atoms with van der Waals surface area (Å²) in [5.74, 6) is -0.531. The van der Waals surface area contributed by atoms with Crippen LogP contribution in [0.2, 0.25) is 0 Å². The van der Waals surface area contributed by atoms with Gasteiger partial charge in [-0.15, -0.1) is 0 Å². The van der Waals surface area contributed by atoms with E-state index in [1.807, 2.05) is 18.5 Å². The zero-order valence-electron chi connectivity index (χ0n) is 19.0. The molecular formula is C24H30N6O4. The first kappa shape index (κ1) is 24.8. The van der Waals surface area contributed by atoms with Gasteiger partial charge in [0.25, 0.3) is 0 Å². The molecular weight excluding hydrogens is 436 g/mol. The maximum atomic E-state index is 9.55. The molecule has 2 aromatic rings. The van der Waals surface area contributed by atoms with Crippen LogP contribution in [0, 0.1) is 0 Å². The van der Waals surface area contributed by atoms with Crippen LogP contribution in [0.4, 0.5) is 11.6 Å². The number of aliphatic imine (C=N–C) groups is 1. The Hall–Kier alpha value is -3.79. The molecule has 1 fully saturated rings. The highest BCUT2D eigenvalue weighted by Gasteiger charge is 2.18. The smallest absolute Gasteiger partial charge is 0.328 e. The highest BCUT2D eigenvalue weighted by Crippen LogP contribution is 2.22. The number of carboxylic acids is 2. The number of nitrogens with one attached hydrogen (secondary N) is 1. The molecule has 10 heteroatoms. The second-order valence-electron chi connectivity index (χ2n) is 7.85. The maximum Gasteiger partial charge on any atom is 0.328 e. The first-order valence-corrected chi connectivity index (χ1v) is 11.3. The number of hydrogen-bond acceptors (Lipinski definition) is 7. The van der Waals surface area contributed by atoms with E-state index < -0.39 is 11.9 Å². The lowest BCUT2D eigenvalue weighted by Crippen LogP contribution is -2.47. The summed E-state index contributed by atoms with van der Waals surface area (Å²) >= 11 is 0. The molecule has 1 aromatic heterocycles. The van der Waals surface area contributed by atoms with Gasteiger partial charge in [-0.3, -0.25) is 9.89 Å². The van der Waals surface area contributed by atoms with E-state index in [1.165, 1.54) is 11.3 Å². The number of aromatic nitrogens is 2. The minimum Gasteiger partial charge on any atom is -0.478 e. The SMILES string of the molecule is O=C(O)/C=C/C(=O)O.c1cnc(N2CCN(CCCN=C3CCc4ccccc4N3)CC2)nc1. The molecule has 2 aliphatic rings. The molecule has 0 saturated carbocycles. The molecule has 0 bridgehead atoms. The molecule has 0 spiro atoms. The van der Waals surface area contributed by atoms with Gasteiger partial charge in [0.05, 0.1) is 0 Å². The van der Waals surface area contributed by atoms with Crippen molar-refractivity contribution < 1.29 is 19.8 Å². The van der Waals surface area contributed by atoms with E-state index in [1.54, 1.807) is 0 Å². The largest absolute Gasteiger partial charge is 0.478 e. The van der Waals surface area contributed by atoms with Gasteiger partial charge in [-0.25, -0.2) is 19.6 Å². The van der Waals surface area contributed by atoms with Gasteiger partial charge < -0.3 is 20.4 Å². The minimum atomic E-state index is -1.26. The number of rotatable bonds is 7. The second-order valence-corrected chi connectivity index (χ2v) is 7.85. The molecule has 3 N–H and O–H groups in total. The van der Waals surface area contributed by atoms with Crippen LogP contribution in [0.25, 0.3) is 0 Å². The number of para-hydroxylation sites is 1. The van der Waals surface area contributed by atoms with Crippen LogP contribution >= 0.6 is 0 Å². The number of fused-ring (bicyclic) bond motifs is 1. The van der Waals surface area contributed by atoms with Gasteiger partial charge in [-0.2, -0.15) is 0 Å². The number of amidine groups is 1. The van der Waals surface area contributed by atoms with E-state index in [-0.39, 0.29) is 0 Å². The number of benzene rings is 1. The fourth-order valence-corrected chi connectivity index (χ4v) is 3.73. The topological polar surface area (TPSA) is 131 Å². The number of piperazine rings is 1. The average molecular weight is 467 g/mol. The molecule has 3 heterocycles. The molecule has 2 aliphatic heterocycles. The fourth-order valence-electron chi connectivity index (χ4n) is 3.73. The van der Waals surface area contributed by atoms with Crippen LogP contribution in [0.5, 0.6) is 0 Å². The van der Waals surface area contributed by atoms with E-state index in [4.69, 9.17) is 15.2 Å². The Morgan fingerprint density at radius 2 is 1.65 bits per heavy atom. The maximum absolute atomic E-state index is 9.55. The Bertz CT molecular complexity index is 988. The van der Waals surface area contributed by atoms with Crippen molar-refractivity contribution in [1.82, 2.24) is 14.9 Å². The Balaban J connectivity index is 0.000000350. The number of aliphatic carboxylic acids is 2. The second kappa shape index (κ2) is 13.0. The van der Waals surface area contributed by atoms with E-state index in [2.05, 4.69) is 49.4 Å². The standard InChI is InChI=1S/C20H26N6.C4H4O4/c1-2-6-18-17(5-1)7-8-19(24-18)21-11-4-12-25-13-15-26(16-14-25)20-22-9-3-10-23-20;5-3(6)1-2-4(7)8/h1-3,5-6,9-10H,4,7-8,11-16H2,(H,21,24);1-2H,(H,5,6)(H,7,8)/b;2-1+. The number of carbonyl (C=O) groups is 2. The van der Waals surface area contributed by atoms with Crippen molar-refractivity contribution in [2.45, 2.75) is 19.3 Å². The molecule has 0 amide bonds. The molecule has 0 radical (unpaired) electrons. The van der Waals surface area contributed by atoms with Gasteiger partial charge in [0.2, 0.25) is 5.95 Å². The third kappa shape index (κ3) is 8.28. The number of carboxylic acid groups (broad SMARTS) is 2. The van der Waals surface area contributed by atoms with E-state index in [0.29, 0.717) is 12.2 Å². The quantitative estimate of drug-likeness (QED) is 0.415. The van der Waals surface area contributed by atoms with Crippen LogP contribution in [-0.4, -0.2) is 82.1 Å². The van der Waals surface area contributed by atoms with Gasteiger partial charge in [0, 0.05) is 75.9 Å². The van der Waals surface area contributed by atoms with Crippen molar-refractivity contribution in [2.24, 2.45) is 4.99 Å². The van der Waals surface area contributed by atoms with Gasteiger partial charge >= 0.3 is 11.9 Å². The lowest BCUT2D eigenvalue weighted by Gasteiger charge is -2.34. The van der Waals surface area contributed by atoms with Crippen LogP contribution in [0.3, 0.4) is 0 Å². The fraction of sp³-hybridized carbons (Fsp3) is 0.375. The summed E-state index contributed by atoms with van der Waals surface area (Å²) in [7, 11) is 0. The Kier molecular flexibility index (Phi) is 9.53. The number of anilines is 2. The van der Waals surface area contributed by atoms with Crippen molar-refractivity contribution in [3.05, 3.63) is 60.4 Å². The van der Waals surface area contributed by atoms with Crippen LogP contribution in [0.15, 0.2) is 59.9 Å². The third-order valence-electron chi connectivity index (χ3n) is 5.44. The first-order valence-electron chi connectivity index (χ1n) is 11.3. The highest BCUT2D eigenvalue weighted by molar-refractivity contribution is 5.98. The summed E-state index contributed by atoms with van der Waals surface area (Å²) in [6, 6.07) is 10.4. The summed E-state index contributed by atoms with van der Waals surface area (Å²) in [5, 5.41) is 19.1. The van der Waals surface area contributed by atoms with E-state index in [9.17, 15) is 9.59 Å². The van der Waals surface area contributed by atoms with E-state index >= 15 is 0 Å². The molecule has 1 aromatic carbocycles. The molecule has 0 aliphatic carbocycles. The minimum absolute atomic E-state index is 0.558. The highest BCUT2D eigenvalue weighted by atomic mass is 16.4. The summed E-state index contributed by atoms with van der Waals surface area (Å²) in [5.41, 5.74) is 2.61. The Morgan fingerprint density at radius 1 is 0.971 bits per heavy atom. The zero-order chi connectivity index (χ0) is 24.2. The summed E-state index contributed by atoms with van der Waals surface area (Å²) in [6.07, 6.45) is 7.95. The first-order chi connectivity index (χ1) is 16.5. The van der Waals surface area contributed by atoms with Crippen LogP contribution in [0.1, 0.15) is 18.4 Å². The molecule has 1 saturated heterocycles. The Morgan fingerprint density at radius 3 is 2.32 bits per heavy atom. The third-order valence-corrected chi connectivity index (χ3v) is 5.44. The molecule has 34 heavy (non-hydrogen) atoms. The lowest BCUT2D eigenvalue weighted by molar-refractivity contribution is -0.134. The molecule has 0 atom stereocenters. The summed E-state index contributed by atoms with van der Waals surface area (Å²) in [6.45, 7) is 6.14. The monoisotopic (exact) mass is 466 g/mol. The zero-order valence-corrected chi connectivity index (χ0v) is 19.0. The van der Waals surface area contributed by atoms with Gasteiger partial charge in [-0.1, -0.05) is 18.2 Å². The predicted molar refractivity (Wildman–Crippen MR) is 130 cm³/mol. The Labute approximate surface area is 198 Å². The molecule has 4 rings (SSSR count). The molecule has 10 nitrogen and oxygen atoms in total. The number of aryl methyl sites for hydroxylation is 1. The number of hydrogen-bond donors (Lipinski definition) is 3. The van der Waals surface area contributed by atoms with Crippen molar-refractivity contribution >= 4 is 29.4 Å². The van der Waals surface area contributed by atoms with Gasteiger partial charge in [0.15, 0.2) is 0 Å². The number of nitrogens with zero attached hydrogens (tertiary/aromatic N) is 5. The van der Waals surface area contributed by atoms with Gasteiger partial charge in [-0.05, 0) is 30.5 Å². The molecule has 0 unspecified atom stereocenters. The van der Waals surface area contributed by atoms with Gasteiger partial charge in [0.1, 0.15) is 5.84 Å². The molecule has 180 valence electrons. The average Bonchev–Trinajstić information content (AvgIpc) is 2.86. The van der Waals surface area contributed by atoms with Crippen molar-refractivity contribution in [3.63, 3.8) is 0 Å².